The van der Waals surface area contributed by atoms with Crippen LogP contribution in [0.3, 0.4) is 0 Å². The molecule has 2 amide bonds. The average Bonchev–Trinajstić information content (AvgIpc) is 3.65. The molecule has 8 nitrogen and oxygen atoms in total. The van der Waals surface area contributed by atoms with Crippen molar-refractivity contribution in [2.24, 2.45) is 11.8 Å². The molecular formula is C26H30ClN3O5S. The fourth-order valence-electron chi connectivity index (χ4n) is 5.15. The molecule has 2 aliphatic heterocycles. The maximum Gasteiger partial charge on any atom is 0.243 e. The first-order valence-corrected chi connectivity index (χ1v) is 14.1. The average molecular weight is 532 g/mol. The van der Waals surface area contributed by atoms with Gasteiger partial charge in [0, 0.05) is 41.7 Å². The molecule has 1 saturated carbocycles. The summed E-state index contributed by atoms with van der Waals surface area (Å²) in [6, 6.07) is 10.1. The lowest BCUT2D eigenvalue weighted by molar-refractivity contribution is -0.121. The normalized spacial score (nSPS) is 20.8. The number of amides is 2. The summed E-state index contributed by atoms with van der Waals surface area (Å²) in [6.45, 7) is 2.52. The molecule has 2 aromatic rings. The lowest BCUT2D eigenvalue weighted by atomic mass is 9.97. The molecule has 0 spiro atoms. The minimum atomic E-state index is -3.71. The number of ether oxygens (including phenoxy) is 1. The molecule has 0 bridgehead atoms. The van der Waals surface area contributed by atoms with Crippen LogP contribution >= 0.6 is 11.6 Å². The topological polar surface area (TPSA) is 96.0 Å². The van der Waals surface area contributed by atoms with Gasteiger partial charge in [-0.2, -0.15) is 4.31 Å². The minimum Gasteiger partial charge on any atom is -0.495 e. The zero-order chi connectivity index (χ0) is 25.6. The molecule has 0 aromatic heterocycles. The van der Waals surface area contributed by atoms with Gasteiger partial charge in [0.15, 0.2) is 0 Å². The first kappa shape index (κ1) is 25.0. The standard InChI is InChI=1S/C26H30ClN3O5S/c1-16-13-19-14-21(6-7-23(19)30(16)26(32)18-3-4-18)36(33,34)29-11-9-17(10-12-29)25(31)28-22-15-20(27)5-8-24(22)35-2/h5-8,14-18H,3-4,9-13H2,1-2H3,(H,28,31)/t16-/m1/s1. The van der Waals surface area contributed by atoms with Gasteiger partial charge < -0.3 is 15.0 Å². The Hall–Kier alpha value is -2.62. The number of fused-ring (bicyclic) bond motifs is 1. The monoisotopic (exact) mass is 531 g/mol. The molecule has 0 unspecified atom stereocenters. The van der Waals surface area contributed by atoms with Gasteiger partial charge in [-0.3, -0.25) is 9.59 Å². The second kappa shape index (κ2) is 9.68. The third-order valence-corrected chi connectivity index (χ3v) is 9.44. The summed E-state index contributed by atoms with van der Waals surface area (Å²) >= 11 is 6.05. The van der Waals surface area contributed by atoms with Crippen LogP contribution in [0.1, 0.15) is 38.2 Å². The number of nitrogens with zero attached hydrogens (tertiary/aromatic N) is 2. The summed E-state index contributed by atoms with van der Waals surface area (Å²) in [4.78, 5) is 27.6. The number of piperidine rings is 1. The Labute approximate surface area is 216 Å². The number of sulfonamides is 1. The number of carbonyl (C=O) groups excluding carboxylic acids is 2. The van der Waals surface area contributed by atoms with Gasteiger partial charge in [-0.1, -0.05) is 11.6 Å². The van der Waals surface area contributed by atoms with Gasteiger partial charge in [-0.05, 0) is 81.0 Å². The second-order valence-corrected chi connectivity index (χ2v) is 12.2. The largest absolute Gasteiger partial charge is 0.495 e. The smallest absolute Gasteiger partial charge is 0.243 e. The fraction of sp³-hybridized carbons (Fsp3) is 0.462. The Bertz CT molecular complexity index is 1300. The lowest BCUT2D eigenvalue weighted by Gasteiger charge is -2.30. The fourth-order valence-corrected chi connectivity index (χ4v) is 6.84. The Morgan fingerprint density at radius 3 is 2.42 bits per heavy atom. The molecule has 5 rings (SSSR count). The molecule has 2 heterocycles. The molecule has 2 fully saturated rings. The van der Waals surface area contributed by atoms with E-state index >= 15 is 0 Å². The van der Waals surface area contributed by atoms with Crippen molar-refractivity contribution in [2.45, 2.75) is 50.0 Å². The van der Waals surface area contributed by atoms with Crippen LogP contribution < -0.4 is 15.0 Å². The van der Waals surface area contributed by atoms with Gasteiger partial charge >= 0.3 is 0 Å². The molecule has 2 aromatic carbocycles. The van der Waals surface area contributed by atoms with Gasteiger partial charge in [-0.25, -0.2) is 8.42 Å². The van der Waals surface area contributed by atoms with E-state index in [-0.39, 0.29) is 47.7 Å². The van der Waals surface area contributed by atoms with E-state index in [1.54, 1.807) is 36.4 Å². The number of carbonyl (C=O) groups is 2. The first-order chi connectivity index (χ1) is 17.2. The molecule has 1 aliphatic carbocycles. The van der Waals surface area contributed by atoms with Crippen LogP contribution in [0.2, 0.25) is 5.02 Å². The Morgan fingerprint density at radius 1 is 1.03 bits per heavy atom. The Morgan fingerprint density at radius 2 is 1.75 bits per heavy atom. The van der Waals surface area contributed by atoms with Crippen molar-refractivity contribution >= 4 is 44.8 Å². The van der Waals surface area contributed by atoms with Gasteiger partial charge in [0.25, 0.3) is 0 Å². The predicted molar refractivity (Wildman–Crippen MR) is 138 cm³/mol. The SMILES string of the molecule is COc1ccc(Cl)cc1NC(=O)C1CCN(S(=O)(=O)c2ccc3c(c2)C[C@@H](C)N3C(=O)C2CC2)CC1. The highest BCUT2D eigenvalue weighted by molar-refractivity contribution is 7.89. The number of methoxy groups -OCH3 is 1. The first-order valence-electron chi connectivity index (χ1n) is 12.3. The van der Waals surface area contributed by atoms with Crippen LogP contribution in [-0.4, -0.2) is 50.8 Å². The summed E-state index contributed by atoms with van der Waals surface area (Å²) in [5.41, 5.74) is 2.21. The van der Waals surface area contributed by atoms with Crippen molar-refractivity contribution in [1.29, 1.82) is 0 Å². The Balaban J connectivity index is 1.25. The highest BCUT2D eigenvalue weighted by atomic mass is 35.5. The van der Waals surface area contributed by atoms with E-state index in [9.17, 15) is 18.0 Å². The van der Waals surface area contributed by atoms with Crippen LogP contribution in [0, 0.1) is 11.8 Å². The molecule has 1 saturated heterocycles. The highest BCUT2D eigenvalue weighted by Crippen LogP contribution is 2.40. The van der Waals surface area contributed by atoms with Gasteiger partial charge in [0.2, 0.25) is 21.8 Å². The van der Waals surface area contributed by atoms with E-state index in [1.807, 2.05) is 11.8 Å². The van der Waals surface area contributed by atoms with Crippen LogP contribution in [0.25, 0.3) is 0 Å². The molecule has 1 atom stereocenters. The van der Waals surface area contributed by atoms with Gasteiger partial charge in [0.05, 0.1) is 17.7 Å². The number of halogens is 1. The van der Waals surface area contributed by atoms with Crippen molar-refractivity contribution < 1.29 is 22.7 Å². The summed E-state index contributed by atoms with van der Waals surface area (Å²) in [6.07, 6.45) is 3.35. The van der Waals surface area contributed by atoms with Crippen molar-refractivity contribution in [3.05, 3.63) is 47.0 Å². The molecule has 0 radical (unpaired) electrons. The molecule has 3 aliphatic rings. The summed E-state index contributed by atoms with van der Waals surface area (Å²) in [7, 11) is -2.19. The number of hydrogen-bond donors (Lipinski definition) is 1. The highest BCUT2D eigenvalue weighted by Gasteiger charge is 2.40. The van der Waals surface area contributed by atoms with Crippen molar-refractivity contribution in [3.63, 3.8) is 0 Å². The van der Waals surface area contributed by atoms with E-state index in [1.165, 1.54) is 11.4 Å². The van der Waals surface area contributed by atoms with Crippen molar-refractivity contribution in [2.75, 3.05) is 30.4 Å². The summed E-state index contributed by atoms with van der Waals surface area (Å²) < 4.78 is 33.5. The number of anilines is 2. The number of hydrogen-bond acceptors (Lipinski definition) is 5. The third kappa shape index (κ3) is 4.71. The van der Waals surface area contributed by atoms with E-state index in [0.717, 1.165) is 24.1 Å². The van der Waals surface area contributed by atoms with E-state index in [0.29, 0.717) is 35.7 Å². The molecule has 10 heteroatoms. The zero-order valence-electron chi connectivity index (χ0n) is 20.4. The van der Waals surface area contributed by atoms with Crippen LogP contribution in [0.5, 0.6) is 5.75 Å². The molecule has 192 valence electrons. The quantitative estimate of drug-likeness (QED) is 0.606. The van der Waals surface area contributed by atoms with E-state index < -0.39 is 10.0 Å². The maximum atomic E-state index is 13.4. The second-order valence-electron chi connectivity index (χ2n) is 9.84. The molecular weight excluding hydrogens is 502 g/mol. The summed E-state index contributed by atoms with van der Waals surface area (Å²) in [5.74, 6) is 0.270. The lowest BCUT2D eigenvalue weighted by Crippen LogP contribution is -2.41. The molecule has 36 heavy (non-hydrogen) atoms. The maximum absolute atomic E-state index is 13.4. The Kier molecular flexibility index (Phi) is 6.74. The predicted octanol–water partition coefficient (Wildman–Crippen LogP) is 4.08. The van der Waals surface area contributed by atoms with E-state index in [4.69, 9.17) is 16.3 Å². The van der Waals surface area contributed by atoms with Crippen LogP contribution in [0.4, 0.5) is 11.4 Å². The third-order valence-electron chi connectivity index (χ3n) is 7.31. The van der Waals surface area contributed by atoms with Gasteiger partial charge in [-0.15, -0.1) is 0 Å². The van der Waals surface area contributed by atoms with Crippen molar-refractivity contribution in [3.8, 4) is 5.75 Å². The number of nitrogens with one attached hydrogen (secondary N) is 1. The number of benzene rings is 2. The van der Waals surface area contributed by atoms with Gasteiger partial charge in [0.1, 0.15) is 5.75 Å². The number of rotatable bonds is 6. The minimum absolute atomic E-state index is 0.0263. The molecule has 1 N–H and O–H groups in total. The van der Waals surface area contributed by atoms with E-state index in [2.05, 4.69) is 5.32 Å². The summed E-state index contributed by atoms with van der Waals surface area (Å²) in [5, 5.41) is 3.35. The zero-order valence-corrected chi connectivity index (χ0v) is 21.9. The van der Waals surface area contributed by atoms with Crippen molar-refractivity contribution in [1.82, 2.24) is 4.31 Å². The van der Waals surface area contributed by atoms with Crippen LogP contribution in [-0.2, 0) is 26.0 Å². The van der Waals surface area contributed by atoms with Crippen LogP contribution in [0.15, 0.2) is 41.3 Å².